The minimum absolute atomic E-state index is 0.197. The largest absolute Gasteiger partial charge is 0.348 e. The van der Waals surface area contributed by atoms with Gasteiger partial charge in [-0.1, -0.05) is 18.2 Å². The topological polar surface area (TPSA) is 84.2 Å². The van der Waals surface area contributed by atoms with Gasteiger partial charge in [-0.15, -0.1) is 11.8 Å². The molecular weight excluding hydrogens is 343 g/mol. The quantitative estimate of drug-likeness (QED) is 0.696. The number of nitrogens with two attached hydrogens (primary N) is 1. The van der Waals surface area contributed by atoms with Gasteiger partial charge in [0.1, 0.15) is 11.9 Å². The van der Waals surface area contributed by atoms with Gasteiger partial charge in [-0.25, -0.2) is 13.2 Å². The fourth-order valence-corrected chi connectivity index (χ4v) is 3.34. The van der Waals surface area contributed by atoms with Gasteiger partial charge in [0.05, 0.1) is 18.3 Å². The van der Waals surface area contributed by atoms with Crippen LogP contribution in [0.25, 0.3) is 0 Å². The van der Waals surface area contributed by atoms with Crippen molar-refractivity contribution in [3.05, 3.63) is 35.6 Å². The molecule has 132 valence electrons. The molecule has 0 aromatic heterocycles. The van der Waals surface area contributed by atoms with Crippen LogP contribution in [0.1, 0.15) is 5.56 Å². The van der Waals surface area contributed by atoms with Crippen LogP contribution in [0.4, 0.5) is 13.2 Å². The van der Waals surface area contributed by atoms with Gasteiger partial charge < -0.3 is 16.4 Å². The van der Waals surface area contributed by atoms with Crippen LogP contribution in [-0.2, 0) is 16.0 Å². The Kier molecular flexibility index (Phi) is 6.11. The lowest BCUT2D eigenvalue weighted by molar-refractivity contribution is -0.129. The summed E-state index contributed by atoms with van der Waals surface area (Å²) >= 11 is 1.20. The maximum Gasteiger partial charge on any atom is 0.277 e. The van der Waals surface area contributed by atoms with Crippen molar-refractivity contribution in [3.8, 4) is 0 Å². The highest BCUT2D eigenvalue weighted by atomic mass is 32.2. The van der Waals surface area contributed by atoms with E-state index in [9.17, 15) is 22.8 Å². The molecule has 0 radical (unpaired) electrons. The van der Waals surface area contributed by atoms with Gasteiger partial charge in [-0.05, 0) is 18.1 Å². The Labute approximate surface area is 141 Å². The molecule has 1 heterocycles. The van der Waals surface area contributed by atoms with Gasteiger partial charge in [0.25, 0.3) is 5.92 Å². The SMILES string of the molecule is NCC(F)(F)CNC(=O)C1CSC(Cc2ccccc2F)C(=O)N1. The second-order valence-electron chi connectivity index (χ2n) is 5.46. The highest BCUT2D eigenvalue weighted by Gasteiger charge is 2.34. The average molecular weight is 361 g/mol. The van der Waals surface area contributed by atoms with Crippen LogP contribution in [-0.4, -0.2) is 47.9 Å². The van der Waals surface area contributed by atoms with E-state index in [0.717, 1.165) is 0 Å². The van der Waals surface area contributed by atoms with Crippen molar-refractivity contribution in [2.75, 3.05) is 18.8 Å². The summed E-state index contributed by atoms with van der Waals surface area (Å²) in [6, 6.07) is 5.25. The predicted molar refractivity (Wildman–Crippen MR) is 85.3 cm³/mol. The van der Waals surface area contributed by atoms with Gasteiger partial charge in [0.2, 0.25) is 11.8 Å². The number of carbonyl (C=O) groups is 2. The first-order chi connectivity index (χ1) is 11.3. The van der Waals surface area contributed by atoms with Crippen molar-refractivity contribution in [2.24, 2.45) is 5.73 Å². The van der Waals surface area contributed by atoms with Crippen LogP contribution in [0.15, 0.2) is 24.3 Å². The molecule has 9 heteroatoms. The summed E-state index contributed by atoms with van der Waals surface area (Å²) in [6.45, 7) is -1.75. The highest BCUT2D eigenvalue weighted by molar-refractivity contribution is 8.00. The van der Waals surface area contributed by atoms with E-state index in [4.69, 9.17) is 5.73 Å². The van der Waals surface area contributed by atoms with Crippen molar-refractivity contribution in [3.63, 3.8) is 0 Å². The zero-order valence-corrected chi connectivity index (χ0v) is 13.5. The van der Waals surface area contributed by atoms with E-state index in [2.05, 4.69) is 10.6 Å². The van der Waals surface area contributed by atoms with Crippen LogP contribution in [0.2, 0.25) is 0 Å². The van der Waals surface area contributed by atoms with Gasteiger partial charge in [-0.3, -0.25) is 9.59 Å². The minimum Gasteiger partial charge on any atom is -0.348 e. The normalized spacial score (nSPS) is 21.2. The molecule has 1 aliphatic heterocycles. The molecule has 2 atom stereocenters. The summed E-state index contributed by atoms with van der Waals surface area (Å²) in [5, 5.41) is 4.04. The molecule has 1 aliphatic rings. The number of benzene rings is 1. The maximum atomic E-state index is 13.6. The van der Waals surface area contributed by atoms with Gasteiger partial charge >= 0.3 is 0 Å². The molecule has 4 N–H and O–H groups in total. The van der Waals surface area contributed by atoms with Gasteiger partial charge in [0.15, 0.2) is 0 Å². The first kappa shape index (κ1) is 18.6. The summed E-state index contributed by atoms with van der Waals surface area (Å²) in [5.74, 6) is -4.46. The van der Waals surface area contributed by atoms with E-state index in [-0.39, 0.29) is 12.2 Å². The molecule has 0 saturated carbocycles. The lowest BCUT2D eigenvalue weighted by Gasteiger charge is -2.28. The number of hydrogen-bond acceptors (Lipinski definition) is 4. The number of carbonyl (C=O) groups excluding carboxylic acids is 2. The summed E-state index contributed by atoms with van der Waals surface area (Å²) in [4.78, 5) is 23.9. The van der Waals surface area contributed by atoms with Crippen molar-refractivity contribution in [2.45, 2.75) is 23.6 Å². The number of rotatable bonds is 6. The lowest BCUT2D eigenvalue weighted by Crippen LogP contribution is -2.56. The van der Waals surface area contributed by atoms with Gasteiger partial charge in [0, 0.05) is 5.75 Å². The molecular formula is C15H18F3N3O2S. The van der Waals surface area contributed by atoms with Crippen molar-refractivity contribution in [1.29, 1.82) is 0 Å². The van der Waals surface area contributed by atoms with Crippen LogP contribution in [0.3, 0.4) is 0 Å². The number of amides is 2. The Morgan fingerprint density at radius 2 is 2.12 bits per heavy atom. The number of hydrogen-bond donors (Lipinski definition) is 3. The molecule has 1 fully saturated rings. The molecule has 0 spiro atoms. The molecule has 1 aromatic rings. The predicted octanol–water partition coefficient (Wildman–Crippen LogP) is 0.679. The van der Waals surface area contributed by atoms with Crippen LogP contribution >= 0.6 is 11.8 Å². The summed E-state index contributed by atoms with van der Waals surface area (Å²) in [6.07, 6.45) is 0.197. The molecule has 0 bridgehead atoms. The molecule has 2 unspecified atom stereocenters. The zero-order chi connectivity index (χ0) is 17.7. The van der Waals surface area contributed by atoms with Crippen molar-refractivity contribution < 1.29 is 22.8 Å². The monoisotopic (exact) mass is 361 g/mol. The molecule has 2 rings (SSSR count). The second kappa shape index (κ2) is 7.89. The molecule has 1 aromatic carbocycles. The average Bonchev–Trinajstić information content (AvgIpc) is 2.56. The second-order valence-corrected chi connectivity index (χ2v) is 6.69. The number of halogens is 3. The fraction of sp³-hybridized carbons (Fsp3) is 0.467. The van der Waals surface area contributed by atoms with E-state index >= 15 is 0 Å². The molecule has 0 aliphatic carbocycles. The Morgan fingerprint density at radius 1 is 1.42 bits per heavy atom. The first-order valence-corrected chi connectivity index (χ1v) is 8.38. The van der Waals surface area contributed by atoms with E-state index in [1.807, 2.05) is 0 Å². The third-order valence-electron chi connectivity index (χ3n) is 3.57. The minimum atomic E-state index is -3.19. The van der Waals surface area contributed by atoms with E-state index < -0.39 is 47.9 Å². The Morgan fingerprint density at radius 3 is 2.75 bits per heavy atom. The Bertz CT molecular complexity index is 615. The van der Waals surface area contributed by atoms with Crippen LogP contribution < -0.4 is 16.4 Å². The molecule has 1 saturated heterocycles. The first-order valence-electron chi connectivity index (χ1n) is 7.33. The van der Waals surface area contributed by atoms with E-state index in [0.29, 0.717) is 5.56 Å². The highest BCUT2D eigenvalue weighted by Crippen LogP contribution is 2.23. The van der Waals surface area contributed by atoms with E-state index in [1.165, 1.54) is 17.8 Å². The zero-order valence-electron chi connectivity index (χ0n) is 12.7. The van der Waals surface area contributed by atoms with Crippen molar-refractivity contribution in [1.82, 2.24) is 10.6 Å². The maximum absolute atomic E-state index is 13.6. The number of alkyl halides is 2. The van der Waals surface area contributed by atoms with Crippen LogP contribution in [0, 0.1) is 5.82 Å². The lowest BCUT2D eigenvalue weighted by atomic mass is 10.1. The third kappa shape index (κ3) is 4.88. The smallest absolute Gasteiger partial charge is 0.277 e. The molecule has 2 amide bonds. The number of thioether (sulfide) groups is 1. The Hall–Kier alpha value is -1.74. The standard InChI is InChI=1S/C15H18F3N3O2S/c16-10-4-2-1-3-9(10)5-12-14(23)21-11(6-24-12)13(22)20-8-15(17,18)7-19/h1-4,11-12H,5-8,19H2,(H,20,22)(H,21,23). The third-order valence-corrected chi connectivity index (χ3v) is 4.88. The van der Waals surface area contributed by atoms with E-state index in [1.54, 1.807) is 18.2 Å². The Balaban J connectivity index is 1.87. The summed E-state index contributed by atoms with van der Waals surface area (Å²) < 4.78 is 39.7. The molecule has 5 nitrogen and oxygen atoms in total. The summed E-state index contributed by atoms with van der Waals surface area (Å²) in [7, 11) is 0. The summed E-state index contributed by atoms with van der Waals surface area (Å²) in [5.41, 5.74) is 5.30. The fourth-order valence-electron chi connectivity index (χ4n) is 2.16. The van der Waals surface area contributed by atoms with Crippen LogP contribution in [0.5, 0.6) is 0 Å². The molecule has 24 heavy (non-hydrogen) atoms. The van der Waals surface area contributed by atoms with Gasteiger partial charge in [-0.2, -0.15) is 0 Å². The van der Waals surface area contributed by atoms with Crippen molar-refractivity contribution >= 4 is 23.6 Å². The number of nitrogens with one attached hydrogen (secondary N) is 2.